The lowest BCUT2D eigenvalue weighted by atomic mass is 9.82. The minimum atomic E-state index is -0.693. The Morgan fingerprint density at radius 2 is 1.88 bits per heavy atom. The molecule has 1 saturated heterocycles. The lowest BCUT2D eigenvalue weighted by Gasteiger charge is -2.37. The summed E-state index contributed by atoms with van der Waals surface area (Å²) in [6.07, 6.45) is 7.75. The van der Waals surface area contributed by atoms with Gasteiger partial charge in [-0.3, -0.25) is 4.90 Å². The number of rotatable bonds is 5. The summed E-state index contributed by atoms with van der Waals surface area (Å²) >= 11 is 0. The van der Waals surface area contributed by atoms with E-state index < -0.39 is 11.3 Å². The molecule has 2 aliphatic rings. The molecule has 0 aromatic carbocycles. The molecule has 152 valence electrons. The van der Waals surface area contributed by atoms with E-state index >= 15 is 0 Å². The molecule has 0 bridgehead atoms. The van der Waals surface area contributed by atoms with Crippen LogP contribution in [0.1, 0.15) is 86.5 Å². The Morgan fingerprint density at radius 3 is 2.42 bits per heavy atom. The zero-order chi connectivity index (χ0) is 19.5. The number of hydrogen-bond donors (Lipinski definition) is 1. The van der Waals surface area contributed by atoms with Crippen molar-refractivity contribution in [3.63, 3.8) is 0 Å². The minimum absolute atomic E-state index is 0.0111. The molecule has 0 radical (unpaired) electrons. The van der Waals surface area contributed by atoms with Crippen LogP contribution in [0.4, 0.5) is 4.79 Å². The van der Waals surface area contributed by atoms with Crippen molar-refractivity contribution in [3.05, 3.63) is 0 Å². The molecular weight excluding hydrogens is 330 g/mol. The highest BCUT2D eigenvalue weighted by atomic mass is 16.6. The number of aliphatic hydroxyl groups is 1. The van der Waals surface area contributed by atoms with E-state index in [1.165, 1.54) is 32.1 Å². The molecule has 5 nitrogen and oxygen atoms in total. The Morgan fingerprint density at radius 1 is 1.27 bits per heavy atom. The van der Waals surface area contributed by atoms with Crippen LogP contribution in [0.15, 0.2) is 0 Å². The van der Waals surface area contributed by atoms with Crippen molar-refractivity contribution in [3.8, 4) is 0 Å². The zero-order valence-corrected chi connectivity index (χ0v) is 17.6. The Kier molecular flexibility index (Phi) is 7.00. The third kappa shape index (κ3) is 5.59. The molecule has 3 atom stereocenters. The average Bonchev–Trinajstić information content (AvgIpc) is 2.76. The summed E-state index contributed by atoms with van der Waals surface area (Å²) in [6, 6.07) is 0.0111. The molecule has 1 amide bonds. The van der Waals surface area contributed by atoms with E-state index in [9.17, 15) is 9.90 Å². The van der Waals surface area contributed by atoms with Crippen molar-refractivity contribution in [2.75, 3.05) is 6.61 Å². The van der Waals surface area contributed by atoms with Gasteiger partial charge in [-0.2, -0.15) is 0 Å². The standard InChI is InChI=1S/C21H39NO4/c1-15(14-23)12-18-17(13-16-10-8-7-9-11-16)22(21(5,6)25-18)19(24)26-20(2,3)4/h15-18,23H,7-14H2,1-6H3/t15-,17?,18?/m0/s1. The maximum absolute atomic E-state index is 13.0. The number of amides is 1. The maximum atomic E-state index is 13.0. The highest BCUT2D eigenvalue weighted by Crippen LogP contribution is 2.41. The summed E-state index contributed by atoms with van der Waals surface area (Å²) in [5, 5.41) is 9.50. The molecule has 0 spiro atoms. The first-order valence-corrected chi connectivity index (χ1v) is 10.3. The normalized spacial score (nSPS) is 28.2. The molecule has 1 saturated carbocycles. The fourth-order valence-corrected chi connectivity index (χ4v) is 4.44. The third-order valence-corrected chi connectivity index (χ3v) is 5.62. The van der Waals surface area contributed by atoms with E-state index in [0.717, 1.165) is 12.8 Å². The van der Waals surface area contributed by atoms with Crippen LogP contribution in [-0.2, 0) is 9.47 Å². The third-order valence-electron chi connectivity index (χ3n) is 5.62. The van der Waals surface area contributed by atoms with E-state index in [2.05, 4.69) is 0 Å². The van der Waals surface area contributed by atoms with Crippen molar-refractivity contribution < 1.29 is 19.4 Å². The van der Waals surface area contributed by atoms with Crippen molar-refractivity contribution in [2.24, 2.45) is 11.8 Å². The molecule has 1 heterocycles. The van der Waals surface area contributed by atoms with Crippen molar-refractivity contribution in [2.45, 2.75) is 110 Å². The fraction of sp³-hybridized carbons (Fsp3) is 0.952. The number of carbonyl (C=O) groups excluding carboxylic acids is 1. The summed E-state index contributed by atoms with van der Waals surface area (Å²) in [4.78, 5) is 14.8. The van der Waals surface area contributed by atoms with Gasteiger partial charge in [0.1, 0.15) is 11.3 Å². The van der Waals surface area contributed by atoms with E-state index in [-0.39, 0.29) is 30.8 Å². The summed E-state index contributed by atoms with van der Waals surface area (Å²) in [6.45, 7) is 11.8. The topological polar surface area (TPSA) is 59.0 Å². The van der Waals surface area contributed by atoms with Gasteiger partial charge in [-0.1, -0.05) is 39.0 Å². The Labute approximate surface area is 159 Å². The first kappa shape index (κ1) is 21.5. The largest absolute Gasteiger partial charge is 0.444 e. The van der Waals surface area contributed by atoms with Crippen LogP contribution in [-0.4, -0.2) is 46.2 Å². The molecule has 1 aliphatic heterocycles. The van der Waals surface area contributed by atoms with Crippen LogP contribution in [0.5, 0.6) is 0 Å². The van der Waals surface area contributed by atoms with Gasteiger partial charge in [0.05, 0.1) is 12.1 Å². The molecule has 2 fully saturated rings. The van der Waals surface area contributed by atoms with E-state index in [1.54, 1.807) is 0 Å². The summed E-state index contributed by atoms with van der Waals surface area (Å²) in [5.74, 6) is 0.798. The van der Waals surface area contributed by atoms with Crippen molar-refractivity contribution >= 4 is 6.09 Å². The van der Waals surface area contributed by atoms with Gasteiger partial charge < -0.3 is 14.6 Å². The van der Waals surface area contributed by atoms with Gasteiger partial charge in [-0.05, 0) is 59.3 Å². The fourth-order valence-electron chi connectivity index (χ4n) is 4.44. The summed E-state index contributed by atoms with van der Waals surface area (Å²) in [5.41, 5.74) is -1.22. The van der Waals surface area contributed by atoms with Gasteiger partial charge in [-0.15, -0.1) is 0 Å². The van der Waals surface area contributed by atoms with Gasteiger partial charge in [-0.25, -0.2) is 4.79 Å². The maximum Gasteiger partial charge on any atom is 0.412 e. The quantitative estimate of drug-likeness (QED) is 0.762. The summed E-state index contributed by atoms with van der Waals surface area (Å²) in [7, 11) is 0. The molecule has 1 N–H and O–H groups in total. The van der Waals surface area contributed by atoms with Gasteiger partial charge in [0.15, 0.2) is 0 Å². The van der Waals surface area contributed by atoms with Crippen LogP contribution >= 0.6 is 0 Å². The second-order valence-corrected chi connectivity index (χ2v) is 9.78. The van der Waals surface area contributed by atoms with Crippen LogP contribution in [0.2, 0.25) is 0 Å². The molecule has 0 aromatic rings. The SMILES string of the molecule is C[C@H](CO)CC1OC(C)(C)N(C(=O)OC(C)(C)C)C1CC1CCCCC1. The van der Waals surface area contributed by atoms with E-state index in [1.807, 2.05) is 46.4 Å². The number of hydrogen-bond acceptors (Lipinski definition) is 4. The van der Waals surface area contributed by atoms with Crippen molar-refractivity contribution in [1.82, 2.24) is 4.90 Å². The predicted molar refractivity (Wildman–Crippen MR) is 103 cm³/mol. The average molecular weight is 370 g/mol. The summed E-state index contributed by atoms with van der Waals surface area (Å²) < 4.78 is 12.1. The Hall–Kier alpha value is -0.810. The Bertz CT molecular complexity index is 465. The molecule has 26 heavy (non-hydrogen) atoms. The highest BCUT2D eigenvalue weighted by Gasteiger charge is 2.51. The van der Waals surface area contributed by atoms with Crippen LogP contribution in [0, 0.1) is 11.8 Å². The smallest absolute Gasteiger partial charge is 0.412 e. The number of carbonyl (C=O) groups is 1. The Balaban J connectivity index is 2.22. The van der Waals surface area contributed by atoms with Crippen molar-refractivity contribution in [1.29, 1.82) is 0 Å². The molecule has 2 unspecified atom stereocenters. The first-order chi connectivity index (χ1) is 12.0. The minimum Gasteiger partial charge on any atom is -0.444 e. The van der Waals surface area contributed by atoms with Gasteiger partial charge in [0.2, 0.25) is 0 Å². The van der Waals surface area contributed by atoms with Crippen LogP contribution < -0.4 is 0 Å². The van der Waals surface area contributed by atoms with E-state index in [4.69, 9.17) is 9.47 Å². The molecule has 0 aromatic heterocycles. The van der Waals surface area contributed by atoms with Gasteiger partial charge in [0.25, 0.3) is 0 Å². The number of aliphatic hydroxyl groups excluding tert-OH is 1. The lowest BCUT2D eigenvalue weighted by molar-refractivity contribution is -0.0826. The highest BCUT2D eigenvalue weighted by molar-refractivity contribution is 5.70. The first-order valence-electron chi connectivity index (χ1n) is 10.3. The number of ether oxygens (including phenoxy) is 2. The van der Waals surface area contributed by atoms with Crippen LogP contribution in [0.25, 0.3) is 0 Å². The predicted octanol–water partition coefficient (Wildman–Crippen LogP) is 4.72. The van der Waals surface area contributed by atoms with Crippen LogP contribution in [0.3, 0.4) is 0 Å². The molecule has 2 rings (SSSR count). The second kappa shape index (κ2) is 8.47. The van der Waals surface area contributed by atoms with Gasteiger partial charge in [0, 0.05) is 6.61 Å². The monoisotopic (exact) mass is 369 g/mol. The lowest BCUT2D eigenvalue weighted by Crippen LogP contribution is -2.50. The zero-order valence-electron chi connectivity index (χ0n) is 17.6. The molecular formula is C21H39NO4. The second-order valence-electron chi connectivity index (χ2n) is 9.78. The molecule has 5 heteroatoms. The number of nitrogens with zero attached hydrogens (tertiary/aromatic N) is 1. The molecule has 1 aliphatic carbocycles. The van der Waals surface area contributed by atoms with Gasteiger partial charge >= 0.3 is 6.09 Å². The van der Waals surface area contributed by atoms with E-state index in [0.29, 0.717) is 5.92 Å².